The van der Waals surface area contributed by atoms with E-state index in [2.05, 4.69) is 4.98 Å². The molecule has 3 aromatic rings. The largest absolute Gasteiger partial charge is 0.436 e. The zero-order valence-corrected chi connectivity index (χ0v) is 9.95. The van der Waals surface area contributed by atoms with Crippen molar-refractivity contribution in [3.8, 4) is 11.3 Å². The van der Waals surface area contributed by atoms with Crippen molar-refractivity contribution in [2.45, 2.75) is 0 Å². The number of nitrogen functional groups attached to an aromatic ring is 2. The van der Waals surface area contributed by atoms with Crippen LogP contribution in [0.3, 0.4) is 0 Å². The Kier molecular flexibility index (Phi) is 2.56. The van der Waals surface area contributed by atoms with Crippen molar-refractivity contribution < 1.29 is 17.6 Å². The van der Waals surface area contributed by atoms with Gasteiger partial charge in [-0.3, -0.25) is 0 Å². The first-order valence-electron chi connectivity index (χ1n) is 5.57. The van der Waals surface area contributed by atoms with E-state index in [1.807, 2.05) is 0 Å². The van der Waals surface area contributed by atoms with Crippen molar-refractivity contribution in [3.63, 3.8) is 0 Å². The van der Waals surface area contributed by atoms with E-state index in [0.29, 0.717) is 0 Å². The number of pyridine rings is 1. The molecule has 0 aliphatic rings. The molecule has 0 bridgehead atoms. The molecule has 2 aromatic heterocycles. The highest BCUT2D eigenvalue weighted by Crippen LogP contribution is 2.36. The predicted octanol–water partition coefficient (Wildman–Crippen LogP) is 3.08. The summed E-state index contributed by atoms with van der Waals surface area (Å²) in [4.78, 5) is 3.64. The maximum Gasteiger partial charge on any atom is 0.214 e. The van der Waals surface area contributed by atoms with Gasteiger partial charge in [0.2, 0.25) is 11.8 Å². The van der Waals surface area contributed by atoms with E-state index in [1.54, 1.807) is 0 Å². The minimum absolute atomic E-state index is 0.00213. The number of nitrogens with zero attached hydrogens (tertiary/aromatic N) is 1. The SMILES string of the molecule is Nc1oc2c(-c3ccc(F)c(F)c3)nc(F)cc2c1N. The molecular formula is C13H8F3N3O. The van der Waals surface area contributed by atoms with Gasteiger partial charge >= 0.3 is 0 Å². The monoisotopic (exact) mass is 279 g/mol. The van der Waals surface area contributed by atoms with Crippen LogP contribution in [0, 0.1) is 17.6 Å². The standard InChI is InChI=1S/C13H8F3N3O/c14-7-2-1-5(3-8(7)15)11-12-6(4-9(16)19-11)10(17)13(18)20-12/h1-4H,17-18H2. The predicted molar refractivity (Wildman–Crippen MR) is 68.1 cm³/mol. The molecular weight excluding hydrogens is 271 g/mol. The summed E-state index contributed by atoms with van der Waals surface area (Å²) < 4.78 is 45.0. The Balaban J connectivity index is 2.35. The molecule has 0 spiro atoms. The summed E-state index contributed by atoms with van der Waals surface area (Å²) >= 11 is 0. The third-order valence-electron chi connectivity index (χ3n) is 2.90. The minimum atomic E-state index is -1.07. The van der Waals surface area contributed by atoms with Crippen LogP contribution in [0.15, 0.2) is 28.7 Å². The lowest BCUT2D eigenvalue weighted by molar-refractivity contribution is 0.509. The van der Waals surface area contributed by atoms with Gasteiger partial charge in [-0.2, -0.15) is 4.39 Å². The number of hydrogen-bond donors (Lipinski definition) is 2. The Morgan fingerprint density at radius 2 is 1.75 bits per heavy atom. The van der Waals surface area contributed by atoms with Gasteiger partial charge in [-0.15, -0.1) is 0 Å². The topological polar surface area (TPSA) is 78.1 Å². The molecule has 0 saturated heterocycles. The van der Waals surface area contributed by atoms with Gasteiger partial charge < -0.3 is 15.9 Å². The lowest BCUT2D eigenvalue weighted by atomic mass is 10.1. The number of anilines is 2. The van der Waals surface area contributed by atoms with Crippen LogP contribution in [0.2, 0.25) is 0 Å². The summed E-state index contributed by atoms with van der Waals surface area (Å²) in [6.07, 6.45) is 0. The van der Waals surface area contributed by atoms with Crippen LogP contribution in [0.1, 0.15) is 0 Å². The normalized spacial score (nSPS) is 11.2. The second kappa shape index (κ2) is 4.16. The molecule has 7 heteroatoms. The first-order chi connectivity index (χ1) is 9.47. The quantitative estimate of drug-likeness (QED) is 0.671. The Hall–Kier alpha value is -2.70. The van der Waals surface area contributed by atoms with Gasteiger partial charge in [-0.25, -0.2) is 13.8 Å². The third-order valence-corrected chi connectivity index (χ3v) is 2.90. The van der Waals surface area contributed by atoms with Crippen LogP contribution in [0.4, 0.5) is 24.7 Å². The van der Waals surface area contributed by atoms with E-state index >= 15 is 0 Å². The molecule has 20 heavy (non-hydrogen) atoms. The van der Waals surface area contributed by atoms with Crippen LogP contribution in [-0.4, -0.2) is 4.98 Å². The van der Waals surface area contributed by atoms with Crippen molar-refractivity contribution in [2.24, 2.45) is 0 Å². The zero-order chi connectivity index (χ0) is 14.4. The average molecular weight is 279 g/mol. The van der Waals surface area contributed by atoms with E-state index in [1.165, 1.54) is 6.07 Å². The molecule has 1 aromatic carbocycles. The Labute approximate surface area is 110 Å². The highest BCUT2D eigenvalue weighted by Gasteiger charge is 2.18. The van der Waals surface area contributed by atoms with Gasteiger partial charge in [0.1, 0.15) is 11.4 Å². The second-order valence-corrected chi connectivity index (χ2v) is 4.18. The summed E-state index contributed by atoms with van der Waals surface area (Å²) in [6.45, 7) is 0. The highest BCUT2D eigenvalue weighted by atomic mass is 19.2. The maximum atomic E-state index is 13.5. The number of halogens is 3. The van der Waals surface area contributed by atoms with Crippen LogP contribution < -0.4 is 11.5 Å². The van der Waals surface area contributed by atoms with E-state index < -0.39 is 17.6 Å². The number of nitrogens with two attached hydrogens (primary N) is 2. The fourth-order valence-electron chi connectivity index (χ4n) is 1.94. The Morgan fingerprint density at radius 3 is 2.45 bits per heavy atom. The van der Waals surface area contributed by atoms with E-state index in [4.69, 9.17) is 15.9 Å². The van der Waals surface area contributed by atoms with Crippen molar-refractivity contribution in [3.05, 3.63) is 41.8 Å². The summed E-state index contributed by atoms with van der Waals surface area (Å²) in [5, 5.41) is 0.231. The van der Waals surface area contributed by atoms with E-state index in [9.17, 15) is 13.2 Å². The van der Waals surface area contributed by atoms with Crippen molar-refractivity contribution in [1.82, 2.24) is 4.98 Å². The molecule has 4 nitrogen and oxygen atoms in total. The van der Waals surface area contributed by atoms with Gasteiger partial charge in [-0.05, 0) is 18.2 Å². The average Bonchev–Trinajstić information content (AvgIpc) is 2.69. The van der Waals surface area contributed by atoms with Crippen LogP contribution in [0.5, 0.6) is 0 Å². The zero-order valence-electron chi connectivity index (χ0n) is 9.95. The van der Waals surface area contributed by atoms with Gasteiger partial charge in [0.05, 0.1) is 5.39 Å². The molecule has 0 aliphatic heterocycles. The molecule has 4 N–H and O–H groups in total. The van der Waals surface area contributed by atoms with E-state index in [-0.39, 0.29) is 33.8 Å². The summed E-state index contributed by atoms with van der Waals surface area (Å²) in [5.41, 5.74) is 11.5. The molecule has 2 heterocycles. The van der Waals surface area contributed by atoms with Crippen molar-refractivity contribution >= 4 is 22.5 Å². The molecule has 0 unspecified atom stereocenters. The molecule has 0 atom stereocenters. The highest BCUT2D eigenvalue weighted by molar-refractivity contribution is 6.01. The smallest absolute Gasteiger partial charge is 0.214 e. The Bertz CT molecular complexity index is 829. The van der Waals surface area contributed by atoms with Gasteiger partial charge in [-0.1, -0.05) is 0 Å². The minimum Gasteiger partial charge on any atom is -0.436 e. The van der Waals surface area contributed by atoms with Crippen LogP contribution >= 0.6 is 0 Å². The van der Waals surface area contributed by atoms with E-state index in [0.717, 1.165) is 18.2 Å². The van der Waals surface area contributed by atoms with Gasteiger partial charge in [0, 0.05) is 11.6 Å². The molecule has 0 amide bonds. The first kappa shape index (κ1) is 12.3. The molecule has 0 radical (unpaired) electrons. The third kappa shape index (κ3) is 1.75. The molecule has 3 rings (SSSR count). The summed E-state index contributed by atoms with van der Waals surface area (Å²) in [6, 6.07) is 4.13. The number of hydrogen-bond acceptors (Lipinski definition) is 4. The summed E-state index contributed by atoms with van der Waals surface area (Å²) in [5.74, 6) is -3.00. The van der Waals surface area contributed by atoms with Crippen molar-refractivity contribution in [2.75, 3.05) is 11.5 Å². The summed E-state index contributed by atoms with van der Waals surface area (Å²) in [7, 11) is 0. The Morgan fingerprint density at radius 1 is 1.00 bits per heavy atom. The van der Waals surface area contributed by atoms with Crippen molar-refractivity contribution in [1.29, 1.82) is 0 Å². The fourth-order valence-corrected chi connectivity index (χ4v) is 1.94. The lowest BCUT2D eigenvalue weighted by Crippen LogP contribution is -1.92. The molecule has 0 fully saturated rings. The number of fused-ring (bicyclic) bond motifs is 1. The molecule has 102 valence electrons. The van der Waals surface area contributed by atoms with Gasteiger partial charge in [0.25, 0.3) is 0 Å². The number of rotatable bonds is 1. The van der Waals surface area contributed by atoms with Crippen LogP contribution in [0.25, 0.3) is 22.2 Å². The first-order valence-corrected chi connectivity index (χ1v) is 5.57. The van der Waals surface area contributed by atoms with Crippen LogP contribution in [-0.2, 0) is 0 Å². The second-order valence-electron chi connectivity index (χ2n) is 4.18. The number of benzene rings is 1. The number of aromatic nitrogens is 1. The molecule has 0 saturated carbocycles. The molecule has 0 aliphatic carbocycles. The fraction of sp³-hybridized carbons (Fsp3) is 0. The lowest BCUT2D eigenvalue weighted by Gasteiger charge is -2.03. The number of furan rings is 1. The van der Waals surface area contributed by atoms with Gasteiger partial charge in [0.15, 0.2) is 17.2 Å². The maximum absolute atomic E-state index is 13.5.